The fraction of sp³-hybridized carbons (Fsp3) is 0.133. The first-order valence-electron chi connectivity index (χ1n) is 6.10. The molecule has 3 nitrogen and oxygen atoms in total. The first kappa shape index (κ1) is 15.3. The van der Waals surface area contributed by atoms with Crippen LogP contribution < -0.4 is 10.5 Å². The van der Waals surface area contributed by atoms with Gasteiger partial charge in [0.1, 0.15) is 23.2 Å². The Kier molecular flexibility index (Phi) is 4.80. The highest BCUT2D eigenvalue weighted by atomic mass is 32.2. The van der Waals surface area contributed by atoms with E-state index in [2.05, 4.69) is 0 Å². The van der Waals surface area contributed by atoms with Crippen LogP contribution in [0.3, 0.4) is 0 Å². The Morgan fingerprint density at radius 3 is 2.67 bits per heavy atom. The largest absolute Gasteiger partial charge is 0.496 e. The van der Waals surface area contributed by atoms with E-state index in [4.69, 9.17) is 15.9 Å². The number of hydrogen-bond donors (Lipinski definition) is 2. The third-order valence-electron chi connectivity index (χ3n) is 2.84. The van der Waals surface area contributed by atoms with Crippen LogP contribution in [0.5, 0.6) is 5.75 Å². The van der Waals surface area contributed by atoms with Gasteiger partial charge >= 0.3 is 0 Å². The van der Waals surface area contributed by atoms with Crippen LogP contribution in [0, 0.1) is 17.0 Å². The monoisotopic (exact) mass is 308 g/mol. The van der Waals surface area contributed by atoms with Gasteiger partial charge in [0.25, 0.3) is 0 Å². The molecule has 2 rings (SSSR count). The number of halogens is 2. The average molecular weight is 308 g/mol. The molecule has 0 unspecified atom stereocenters. The van der Waals surface area contributed by atoms with Gasteiger partial charge in [-0.05, 0) is 35.9 Å². The highest BCUT2D eigenvalue weighted by molar-refractivity contribution is 7.98. The SMILES string of the molecule is COc1ccc(CSc2cc(F)ccc2F)cc1C(=N)N. The number of rotatable bonds is 5. The van der Waals surface area contributed by atoms with Gasteiger partial charge in [0, 0.05) is 10.6 Å². The maximum atomic E-state index is 13.5. The van der Waals surface area contributed by atoms with Crippen LogP contribution in [-0.4, -0.2) is 12.9 Å². The van der Waals surface area contributed by atoms with Gasteiger partial charge in [-0.3, -0.25) is 5.41 Å². The van der Waals surface area contributed by atoms with Gasteiger partial charge in [-0.2, -0.15) is 0 Å². The van der Waals surface area contributed by atoms with Crippen LogP contribution in [-0.2, 0) is 5.75 Å². The Morgan fingerprint density at radius 1 is 1.24 bits per heavy atom. The molecule has 3 N–H and O–H groups in total. The van der Waals surface area contributed by atoms with Crippen molar-refractivity contribution >= 4 is 17.6 Å². The maximum Gasteiger partial charge on any atom is 0.136 e. The van der Waals surface area contributed by atoms with E-state index >= 15 is 0 Å². The van der Waals surface area contributed by atoms with E-state index in [9.17, 15) is 8.78 Å². The zero-order valence-electron chi connectivity index (χ0n) is 11.3. The van der Waals surface area contributed by atoms with Crippen LogP contribution >= 0.6 is 11.8 Å². The number of ether oxygens (including phenoxy) is 1. The third kappa shape index (κ3) is 3.72. The lowest BCUT2D eigenvalue weighted by atomic mass is 10.1. The van der Waals surface area contributed by atoms with Crippen molar-refractivity contribution in [2.45, 2.75) is 10.6 Å². The van der Waals surface area contributed by atoms with E-state index in [0.717, 1.165) is 23.8 Å². The van der Waals surface area contributed by atoms with Crippen molar-refractivity contribution in [3.05, 3.63) is 59.2 Å². The Morgan fingerprint density at radius 2 is 2.00 bits per heavy atom. The minimum atomic E-state index is -0.474. The summed E-state index contributed by atoms with van der Waals surface area (Å²) in [5, 5.41) is 7.52. The molecule has 0 amide bonds. The zero-order chi connectivity index (χ0) is 15.4. The number of amidine groups is 1. The molecule has 2 aromatic rings. The molecule has 0 aliphatic rings. The van der Waals surface area contributed by atoms with Crippen LogP contribution in [0.4, 0.5) is 8.78 Å². The molecule has 21 heavy (non-hydrogen) atoms. The van der Waals surface area contributed by atoms with Gasteiger partial charge in [-0.1, -0.05) is 6.07 Å². The molecule has 6 heteroatoms. The number of nitrogens with one attached hydrogen (secondary N) is 1. The summed E-state index contributed by atoms with van der Waals surface area (Å²) in [4.78, 5) is 0.246. The second-order valence-electron chi connectivity index (χ2n) is 4.31. The quantitative estimate of drug-likeness (QED) is 0.504. The van der Waals surface area contributed by atoms with Crippen molar-refractivity contribution in [3.8, 4) is 5.75 Å². The summed E-state index contributed by atoms with van der Waals surface area (Å²) in [5.41, 5.74) is 6.82. The molecular weight excluding hydrogens is 294 g/mol. The van der Waals surface area contributed by atoms with Gasteiger partial charge in [0.05, 0.1) is 12.7 Å². The summed E-state index contributed by atoms with van der Waals surface area (Å²) in [6.45, 7) is 0. The summed E-state index contributed by atoms with van der Waals surface area (Å²) in [6, 6.07) is 8.57. The number of nitrogen functional groups attached to an aromatic ring is 1. The molecule has 110 valence electrons. The number of hydrogen-bond acceptors (Lipinski definition) is 3. The van der Waals surface area contributed by atoms with Gasteiger partial charge in [-0.25, -0.2) is 8.78 Å². The topological polar surface area (TPSA) is 59.1 Å². The first-order valence-corrected chi connectivity index (χ1v) is 7.09. The normalized spacial score (nSPS) is 10.4. The van der Waals surface area contributed by atoms with E-state index in [0.29, 0.717) is 17.1 Å². The van der Waals surface area contributed by atoms with Crippen molar-refractivity contribution in [1.82, 2.24) is 0 Å². The van der Waals surface area contributed by atoms with E-state index < -0.39 is 11.6 Å². The minimum absolute atomic E-state index is 0.101. The molecule has 0 heterocycles. The fourth-order valence-corrected chi connectivity index (χ4v) is 2.71. The molecule has 0 aliphatic carbocycles. The van der Waals surface area contributed by atoms with Crippen molar-refractivity contribution in [2.75, 3.05) is 7.11 Å². The molecular formula is C15H14F2N2OS. The summed E-state index contributed by atoms with van der Waals surface area (Å²) < 4.78 is 31.8. The predicted octanol–water partition coefficient (Wildman–Crippen LogP) is 3.55. The standard InChI is InChI=1S/C15H14F2N2OS/c1-20-13-5-2-9(6-11(13)15(18)19)8-21-14-7-10(16)3-4-12(14)17/h2-7H,8H2,1H3,(H3,18,19). The Hall–Kier alpha value is -2.08. The summed E-state index contributed by atoms with van der Waals surface area (Å²) in [7, 11) is 1.50. The van der Waals surface area contributed by atoms with Crippen LogP contribution in [0.25, 0.3) is 0 Å². The van der Waals surface area contributed by atoms with Crippen molar-refractivity contribution in [2.24, 2.45) is 5.73 Å². The smallest absolute Gasteiger partial charge is 0.136 e. The Balaban J connectivity index is 2.18. The fourth-order valence-electron chi connectivity index (χ4n) is 1.80. The van der Waals surface area contributed by atoms with Crippen LogP contribution in [0.1, 0.15) is 11.1 Å². The molecule has 0 aromatic heterocycles. The molecule has 0 saturated carbocycles. The van der Waals surface area contributed by atoms with Crippen molar-refractivity contribution in [3.63, 3.8) is 0 Å². The lowest BCUT2D eigenvalue weighted by Crippen LogP contribution is -2.12. The number of benzene rings is 2. The second kappa shape index (κ2) is 6.58. The average Bonchev–Trinajstić information content (AvgIpc) is 2.47. The van der Waals surface area contributed by atoms with Gasteiger partial charge in [0.15, 0.2) is 0 Å². The molecule has 2 aromatic carbocycles. The summed E-state index contributed by atoms with van der Waals surface area (Å²) in [6.07, 6.45) is 0. The van der Waals surface area contributed by atoms with Gasteiger partial charge in [-0.15, -0.1) is 11.8 Å². The van der Waals surface area contributed by atoms with Crippen molar-refractivity contribution < 1.29 is 13.5 Å². The number of thioether (sulfide) groups is 1. The highest BCUT2D eigenvalue weighted by Gasteiger charge is 2.09. The minimum Gasteiger partial charge on any atom is -0.496 e. The molecule has 0 aliphatic heterocycles. The van der Waals surface area contributed by atoms with E-state index in [1.807, 2.05) is 0 Å². The lowest BCUT2D eigenvalue weighted by Gasteiger charge is -2.10. The zero-order valence-corrected chi connectivity index (χ0v) is 12.1. The van der Waals surface area contributed by atoms with E-state index in [-0.39, 0.29) is 10.7 Å². The predicted molar refractivity (Wildman–Crippen MR) is 79.9 cm³/mol. The van der Waals surface area contributed by atoms with Crippen molar-refractivity contribution in [1.29, 1.82) is 5.41 Å². The molecule has 0 fully saturated rings. The molecule has 0 bridgehead atoms. The number of methoxy groups -OCH3 is 1. The summed E-state index contributed by atoms with van der Waals surface area (Å²) in [5.74, 6) is -0.0893. The Bertz CT molecular complexity index is 677. The third-order valence-corrected chi connectivity index (χ3v) is 3.94. The molecule has 0 radical (unpaired) electrons. The highest BCUT2D eigenvalue weighted by Crippen LogP contribution is 2.28. The van der Waals surface area contributed by atoms with E-state index in [1.165, 1.54) is 18.9 Å². The van der Waals surface area contributed by atoms with Crippen LogP contribution in [0.15, 0.2) is 41.3 Å². The van der Waals surface area contributed by atoms with Crippen LogP contribution in [0.2, 0.25) is 0 Å². The Labute approximate surface area is 125 Å². The summed E-state index contributed by atoms with van der Waals surface area (Å²) >= 11 is 1.18. The molecule has 0 atom stereocenters. The van der Waals surface area contributed by atoms with Gasteiger partial charge < -0.3 is 10.5 Å². The van der Waals surface area contributed by atoms with Gasteiger partial charge in [0.2, 0.25) is 0 Å². The maximum absolute atomic E-state index is 13.5. The number of nitrogens with two attached hydrogens (primary N) is 1. The molecule has 0 spiro atoms. The first-order chi connectivity index (χ1) is 10.0. The van der Waals surface area contributed by atoms with E-state index in [1.54, 1.807) is 18.2 Å². The molecule has 0 saturated heterocycles. The lowest BCUT2D eigenvalue weighted by molar-refractivity contribution is 0.413. The second-order valence-corrected chi connectivity index (χ2v) is 5.33.